The van der Waals surface area contributed by atoms with Crippen molar-refractivity contribution in [2.24, 2.45) is 0 Å². The molecule has 0 saturated carbocycles. The van der Waals surface area contributed by atoms with Gasteiger partial charge in [0.2, 0.25) is 5.91 Å². The number of carbonyl (C=O) groups is 5. The fourth-order valence-corrected chi connectivity index (χ4v) is 3.63. The fourth-order valence-electron chi connectivity index (χ4n) is 3.63. The van der Waals surface area contributed by atoms with Crippen LogP contribution in [0.3, 0.4) is 0 Å². The molecule has 0 bridgehead atoms. The van der Waals surface area contributed by atoms with E-state index in [1.54, 1.807) is 0 Å². The van der Waals surface area contributed by atoms with E-state index in [4.69, 9.17) is 28.4 Å². The number of nitrogens with one attached hydrogen (secondary N) is 1. The molecule has 1 amide bonds. The van der Waals surface area contributed by atoms with Gasteiger partial charge in [-0.05, 0) is 12.0 Å². The number of benzene rings is 1. The van der Waals surface area contributed by atoms with Gasteiger partial charge in [-0.1, -0.05) is 30.3 Å². The summed E-state index contributed by atoms with van der Waals surface area (Å²) in [6, 6.07) is 9.33. The van der Waals surface area contributed by atoms with E-state index >= 15 is 0 Å². The van der Waals surface area contributed by atoms with Gasteiger partial charge in [0.15, 0.2) is 12.4 Å². The van der Waals surface area contributed by atoms with Crippen molar-refractivity contribution in [1.29, 1.82) is 0 Å². The van der Waals surface area contributed by atoms with E-state index in [0.29, 0.717) is 0 Å². The van der Waals surface area contributed by atoms with Crippen LogP contribution in [0.1, 0.15) is 46.1 Å². The summed E-state index contributed by atoms with van der Waals surface area (Å²) in [6.45, 7) is 4.78. The van der Waals surface area contributed by atoms with Crippen molar-refractivity contribution >= 4 is 29.8 Å². The molecule has 209 valence electrons. The van der Waals surface area contributed by atoms with Gasteiger partial charge in [0, 0.05) is 40.7 Å². The maximum absolute atomic E-state index is 12.5. The third-order valence-corrected chi connectivity index (χ3v) is 5.21. The van der Waals surface area contributed by atoms with Crippen LogP contribution in [-0.2, 0) is 59.0 Å². The summed E-state index contributed by atoms with van der Waals surface area (Å²) >= 11 is 0. The maximum atomic E-state index is 12.5. The molecule has 12 nitrogen and oxygen atoms in total. The first-order valence-electron chi connectivity index (χ1n) is 12.1. The number of ether oxygens (including phenoxy) is 6. The predicted octanol–water partition coefficient (Wildman–Crippen LogP) is 1.39. The average molecular weight is 537 g/mol. The zero-order chi connectivity index (χ0) is 28.1. The molecule has 0 spiro atoms. The van der Waals surface area contributed by atoms with Crippen LogP contribution in [0.5, 0.6) is 0 Å². The molecule has 5 atom stereocenters. The molecular formula is C26H34NO11. The Kier molecular flexibility index (Phi) is 12.7. The predicted molar refractivity (Wildman–Crippen MR) is 130 cm³/mol. The van der Waals surface area contributed by atoms with Crippen molar-refractivity contribution < 1.29 is 52.4 Å². The van der Waals surface area contributed by atoms with Gasteiger partial charge in [-0.15, -0.1) is 0 Å². The van der Waals surface area contributed by atoms with Crippen LogP contribution >= 0.6 is 0 Å². The van der Waals surface area contributed by atoms with Crippen molar-refractivity contribution in [3.8, 4) is 0 Å². The molecule has 2 rings (SSSR count). The SMILES string of the molecule is CC(=O)OCC(CCC(=O)NC[C@H]1O[C@H](OCc2ccccc2)[CH][C@@H](OC(C)=O)[C@@H]1OC(C)=O)OC(C)=O. The molecular weight excluding hydrogens is 502 g/mol. The lowest BCUT2D eigenvalue weighted by atomic mass is 10.00. The second-order valence-electron chi connectivity index (χ2n) is 8.56. The highest BCUT2D eigenvalue weighted by molar-refractivity contribution is 5.76. The Bertz CT molecular complexity index is 952. The minimum absolute atomic E-state index is 0.0579. The quantitative estimate of drug-likeness (QED) is 0.287. The van der Waals surface area contributed by atoms with Gasteiger partial charge in [0.1, 0.15) is 24.9 Å². The fraction of sp³-hybridized carbons (Fsp3) is 0.538. The summed E-state index contributed by atoms with van der Waals surface area (Å²) in [4.78, 5) is 58.4. The third-order valence-electron chi connectivity index (χ3n) is 5.21. The Hall–Kier alpha value is -3.51. The Labute approximate surface area is 221 Å². The Morgan fingerprint density at radius 2 is 1.61 bits per heavy atom. The van der Waals surface area contributed by atoms with Crippen LogP contribution in [0.15, 0.2) is 30.3 Å². The highest BCUT2D eigenvalue weighted by Gasteiger charge is 2.44. The second kappa shape index (κ2) is 15.7. The zero-order valence-corrected chi connectivity index (χ0v) is 21.9. The Morgan fingerprint density at radius 3 is 2.21 bits per heavy atom. The highest BCUT2D eigenvalue weighted by atomic mass is 16.7. The zero-order valence-electron chi connectivity index (χ0n) is 21.9. The largest absolute Gasteiger partial charge is 0.462 e. The van der Waals surface area contributed by atoms with Crippen LogP contribution in [0.2, 0.25) is 0 Å². The van der Waals surface area contributed by atoms with Crippen molar-refractivity contribution in [1.82, 2.24) is 5.32 Å². The van der Waals surface area contributed by atoms with Gasteiger partial charge in [-0.3, -0.25) is 24.0 Å². The number of hydrogen-bond acceptors (Lipinski definition) is 11. The van der Waals surface area contributed by atoms with Crippen molar-refractivity contribution in [3.63, 3.8) is 0 Å². The summed E-state index contributed by atoms with van der Waals surface area (Å²) in [7, 11) is 0. The van der Waals surface area contributed by atoms with E-state index in [1.807, 2.05) is 30.3 Å². The van der Waals surface area contributed by atoms with E-state index < -0.39 is 60.5 Å². The maximum Gasteiger partial charge on any atom is 0.303 e. The number of esters is 4. The van der Waals surface area contributed by atoms with Gasteiger partial charge in [-0.2, -0.15) is 0 Å². The van der Waals surface area contributed by atoms with Crippen LogP contribution in [0.25, 0.3) is 0 Å². The number of carbonyl (C=O) groups excluding carboxylic acids is 5. The van der Waals surface area contributed by atoms with E-state index in [1.165, 1.54) is 34.1 Å². The van der Waals surface area contributed by atoms with Crippen LogP contribution in [0.4, 0.5) is 0 Å². The second-order valence-corrected chi connectivity index (χ2v) is 8.56. The van der Waals surface area contributed by atoms with Crippen molar-refractivity contribution in [2.75, 3.05) is 13.2 Å². The molecule has 38 heavy (non-hydrogen) atoms. The molecule has 1 aromatic rings. The summed E-state index contributed by atoms with van der Waals surface area (Å²) in [5, 5.41) is 2.68. The number of rotatable bonds is 13. The Morgan fingerprint density at radius 1 is 0.921 bits per heavy atom. The third kappa shape index (κ3) is 11.7. The first kappa shape index (κ1) is 30.7. The standard InChI is InChI=1S/C26H34NO11/c1-16(28)33-15-21(35-17(2)29)10-11-24(32)27-13-23-26(37-19(4)31)22(36-18(3)30)12-25(38-23)34-14-20-8-6-5-7-9-20/h5-9,12,21-23,25-26H,10-11,13-15H2,1-4H3,(H,27,32)/t21?,22-,23-,25+,26+/m1/s1. The lowest BCUT2D eigenvalue weighted by molar-refractivity contribution is -0.236. The molecule has 0 aromatic heterocycles. The smallest absolute Gasteiger partial charge is 0.303 e. The molecule has 1 unspecified atom stereocenters. The molecule has 1 fully saturated rings. The first-order valence-corrected chi connectivity index (χ1v) is 12.1. The molecule has 1 aliphatic heterocycles. The first-order chi connectivity index (χ1) is 18.0. The number of hydrogen-bond donors (Lipinski definition) is 1. The topological polar surface area (TPSA) is 153 Å². The summed E-state index contributed by atoms with van der Waals surface area (Å²) in [5.74, 6) is -2.76. The van der Waals surface area contributed by atoms with E-state index in [2.05, 4.69) is 5.32 Å². The summed E-state index contributed by atoms with van der Waals surface area (Å²) in [5.41, 5.74) is 0.886. The minimum atomic E-state index is -1.04. The molecule has 1 N–H and O–H groups in total. The van der Waals surface area contributed by atoms with Crippen molar-refractivity contribution in [3.05, 3.63) is 42.3 Å². The molecule has 0 aliphatic carbocycles. The van der Waals surface area contributed by atoms with E-state index in [-0.39, 0.29) is 32.6 Å². The highest BCUT2D eigenvalue weighted by Crippen LogP contribution is 2.26. The van der Waals surface area contributed by atoms with Gasteiger partial charge in [0.25, 0.3) is 0 Å². The molecule has 1 heterocycles. The molecule has 1 radical (unpaired) electrons. The molecule has 1 aliphatic rings. The van der Waals surface area contributed by atoms with Gasteiger partial charge in [-0.25, -0.2) is 0 Å². The lowest BCUT2D eigenvalue weighted by Crippen LogP contribution is -2.56. The average Bonchev–Trinajstić information content (AvgIpc) is 2.84. The van der Waals surface area contributed by atoms with E-state index in [0.717, 1.165) is 5.56 Å². The van der Waals surface area contributed by atoms with Gasteiger partial charge in [0.05, 0.1) is 13.0 Å². The molecule has 12 heteroatoms. The normalized spacial score (nSPS) is 21.5. The summed E-state index contributed by atoms with van der Waals surface area (Å²) in [6.07, 6.45) is -3.12. The monoisotopic (exact) mass is 536 g/mol. The lowest BCUT2D eigenvalue weighted by Gasteiger charge is -2.40. The molecule has 1 saturated heterocycles. The Balaban J connectivity index is 2.03. The summed E-state index contributed by atoms with van der Waals surface area (Å²) < 4.78 is 32.4. The minimum Gasteiger partial charge on any atom is -0.462 e. The number of amides is 1. The van der Waals surface area contributed by atoms with Crippen LogP contribution < -0.4 is 5.32 Å². The van der Waals surface area contributed by atoms with Crippen LogP contribution in [0, 0.1) is 6.42 Å². The van der Waals surface area contributed by atoms with Gasteiger partial charge >= 0.3 is 23.9 Å². The van der Waals surface area contributed by atoms with Gasteiger partial charge < -0.3 is 33.7 Å². The molecule has 1 aromatic carbocycles. The van der Waals surface area contributed by atoms with E-state index in [9.17, 15) is 24.0 Å². The van der Waals surface area contributed by atoms with Crippen molar-refractivity contribution in [2.45, 2.75) is 77.8 Å². The van der Waals surface area contributed by atoms with Crippen LogP contribution in [-0.4, -0.2) is 73.6 Å².